The number of aromatic nitrogens is 7. The summed E-state index contributed by atoms with van der Waals surface area (Å²) in [6.07, 6.45) is 2.98. The van der Waals surface area contributed by atoms with Gasteiger partial charge in [0.2, 0.25) is 5.95 Å². The van der Waals surface area contributed by atoms with E-state index in [1.165, 1.54) is 28.6 Å². The molecule has 0 unspecified atom stereocenters. The highest BCUT2D eigenvalue weighted by Gasteiger charge is 2.23. The molecule has 0 saturated carbocycles. The number of hydrogen-bond acceptors (Lipinski definition) is 8. The van der Waals surface area contributed by atoms with Crippen LogP contribution < -0.4 is 5.32 Å². The molecule has 1 amide bonds. The Morgan fingerprint density at radius 3 is 3.00 bits per heavy atom. The number of carbonyl (C=O) groups excluding carboxylic acids is 1. The number of nitrogens with zero attached hydrogens (tertiary/aromatic N) is 6. The topological polar surface area (TPSA) is 127 Å². The van der Waals surface area contributed by atoms with Crippen LogP contribution in [0.4, 0.5) is 5.95 Å². The number of furan rings is 1. The smallest absolute Gasteiger partial charge is 0.261 e. The molecule has 4 rings (SSSR count). The zero-order valence-electron chi connectivity index (χ0n) is 13.2. The number of thiophene rings is 1. The van der Waals surface area contributed by atoms with Gasteiger partial charge in [-0.2, -0.15) is 9.67 Å². The molecule has 0 atom stereocenters. The summed E-state index contributed by atoms with van der Waals surface area (Å²) in [7, 11) is 0. The molecule has 2 N–H and O–H groups in total. The molecule has 0 aliphatic rings. The first-order chi connectivity index (χ1) is 12.1. The van der Waals surface area contributed by atoms with E-state index in [1.807, 2.05) is 13.8 Å². The van der Waals surface area contributed by atoms with Crippen molar-refractivity contribution in [3.8, 4) is 16.6 Å². The van der Waals surface area contributed by atoms with Gasteiger partial charge in [-0.1, -0.05) is 0 Å². The highest BCUT2D eigenvalue weighted by Crippen LogP contribution is 2.30. The Kier molecular flexibility index (Phi) is 3.61. The number of hydrogen-bond donors (Lipinski definition) is 2. The number of amides is 1. The van der Waals surface area contributed by atoms with Crippen LogP contribution in [-0.4, -0.2) is 41.3 Å². The Balaban J connectivity index is 1.64. The average molecular weight is 356 g/mol. The van der Waals surface area contributed by atoms with Crippen molar-refractivity contribution >= 4 is 23.2 Å². The number of rotatable bonds is 4. The Hall–Kier alpha value is -3.34. The van der Waals surface area contributed by atoms with Gasteiger partial charge in [-0.15, -0.1) is 21.5 Å². The van der Waals surface area contributed by atoms with Gasteiger partial charge in [0.05, 0.1) is 11.8 Å². The van der Waals surface area contributed by atoms with Gasteiger partial charge in [0.1, 0.15) is 11.3 Å². The van der Waals surface area contributed by atoms with E-state index in [0.717, 1.165) is 10.4 Å². The van der Waals surface area contributed by atoms with Gasteiger partial charge in [-0.3, -0.25) is 15.2 Å². The minimum Gasteiger partial charge on any atom is -0.461 e. The summed E-state index contributed by atoms with van der Waals surface area (Å²) in [5.41, 5.74) is 1.34. The maximum Gasteiger partial charge on any atom is 0.261 e. The predicted octanol–water partition coefficient (Wildman–Crippen LogP) is 1.97. The molecule has 4 heterocycles. The summed E-state index contributed by atoms with van der Waals surface area (Å²) >= 11 is 1.44. The zero-order valence-corrected chi connectivity index (χ0v) is 14.0. The third-order valence-electron chi connectivity index (χ3n) is 3.62. The predicted molar refractivity (Wildman–Crippen MR) is 88.5 cm³/mol. The van der Waals surface area contributed by atoms with E-state index in [0.29, 0.717) is 22.1 Å². The fraction of sp³-hybridized carbons (Fsp3) is 0.143. The van der Waals surface area contributed by atoms with Crippen molar-refractivity contribution < 1.29 is 9.21 Å². The molecule has 126 valence electrons. The molecule has 11 heteroatoms. The third-order valence-corrected chi connectivity index (χ3v) is 4.81. The summed E-state index contributed by atoms with van der Waals surface area (Å²) in [5, 5.41) is 21.2. The Bertz CT molecular complexity index is 1020. The number of carbonyl (C=O) groups is 1. The number of aromatic amines is 1. The summed E-state index contributed by atoms with van der Waals surface area (Å²) < 4.78 is 6.71. The highest BCUT2D eigenvalue weighted by molar-refractivity contribution is 7.15. The van der Waals surface area contributed by atoms with Gasteiger partial charge < -0.3 is 4.42 Å². The van der Waals surface area contributed by atoms with Crippen molar-refractivity contribution in [2.24, 2.45) is 0 Å². The maximum absolute atomic E-state index is 12.8. The monoisotopic (exact) mass is 356 g/mol. The van der Waals surface area contributed by atoms with Crippen LogP contribution in [0.15, 0.2) is 29.1 Å². The fourth-order valence-corrected chi connectivity index (χ4v) is 3.37. The van der Waals surface area contributed by atoms with Gasteiger partial charge >= 0.3 is 0 Å². The molecule has 0 bridgehead atoms. The summed E-state index contributed by atoms with van der Waals surface area (Å²) in [6, 6.07) is 3.49. The number of aryl methyl sites for hydroxylation is 1. The second-order valence-electron chi connectivity index (χ2n) is 5.16. The SMILES string of the molecule is Cc1sc(-n2cnnn2)c(C(=O)Nc2n[nH]c(-c3ccco3)n2)c1C. The number of nitrogens with one attached hydrogen (secondary N) is 2. The van der Waals surface area contributed by atoms with E-state index in [9.17, 15) is 4.79 Å². The van der Waals surface area contributed by atoms with Crippen LogP contribution in [0.25, 0.3) is 16.6 Å². The molecular formula is C14H12N8O2S. The molecule has 0 radical (unpaired) electrons. The van der Waals surface area contributed by atoms with Gasteiger partial charge in [0.15, 0.2) is 11.6 Å². The first-order valence-electron chi connectivity index (χ1n) is 7.24. The second-order valence-corrected chi connectivity index (χ2v) is 6.36. The first kappa shape index (κ1) is 15.2. The molecule has 0 aliphatic carbocycles. The van der Waals surface area contributed by atoms with Crippen molar-refractivity contribution in [2.75, 3.05) is 5.32 Å². The van der Waals surface area contributed by atoms with Crippen LogP contribution >= 0.6 is 11.3 Å². The van der Waals surface area contributed by atoms with Crippen LogP contribution in [0.2, 0.25) is 0 Å². The molecule has 0 spiro atoms. The zero-order chi connectivity index (χ0) is 17.4. The fourth-order valence-electron chi connectivity index (χ4n) is 2.30. The lowest BCUT2D eigenvalue weighted by Gasteiger charge is -2.04. The molecule has 25 heavy (non-hydrogen) atoms. The van der Waals surface area contributed by atoms with Crippen LogP contribution in [-0.2, 0) is 0 Å². The summed E-state index contributed by atoms with van der Waals surface area (Å²) in [4.78, 5) is 18.0. The molecule has 0 fully saturated rings. The van der Waals surface area contributed by atoms with Crippen LogP contribution in [0.1, 0.15) is 20.8 Å². The van der Waals surface area contributed by atoms with Crippen LogP contribution in [0, 0.1) is 13.8 Å². The van der Waals surface area contributed by atoms with E-state index in [1.54, 1.807) is 12.1 Å². The van der Waals surface area contributed by atoms with Crippen molar-refractivity contribution in [3.05, 3.63) is 40.7 Å². The van der Waals surface area contributed by atoms with E-state index < -0.39 is 0 Å². The second kappa shape index (κ2) is 5.94. The first-order valence-corrected chi connectivity index (χ1v) is 8.06. The minimum absolute atomic E-state index is 0.155. The number of tetrazole rings is 1. The lowest BCUT2D eigenvalue weighted by molar-refractivity contribution is 0.102. The van der Waals surface area contributed by atoms with E-state index in [-0.39, 0.29) is 11.9 Å². The standard InChI is InChI=1S/C14H12N8O2S/c1-7-8(2)25-13(22-6-15-20-21-22)10(7)12(23)17-14-16-11(18-19-14)9-4-3-5-24-9/h3-6H,1-2H3,(H2,16,17,18,19,23). The van der Waals surface area contributed by atoms with Gasteiger partial charge in [0.25, 0.3) is 5.91 Å². The molecule has 4 aromatic rings. The molecular weight excluding hydrogens is 344 g/mol. The van der Waals surface area contributed by atoms with Crippen molar-refractivity contribution in [1.82, 2.24) is 35.4 Å². The molecule has 4 aromatic heterocycles. The van der Waals surface area contributed by atoms with E-state index in [2.05, 4.69) is 36.0 Å². The highest BCUT2D eigenvalue weighted by atomic mass is 32.1. The molecule has 0 aromatic carbocycles. The summed E-state index contributed by atoms with van der Waals surface area (Å²) in [5.74, 6) is 0.781. The number of anilines is 1. The van der Waals surface area contributed by atoms with Crippen molar-refractivity contribution in [1.29, 1.82) is 0 Å². The number of H-pyrrole nitrogens is 1. The average Bonchev–Trinajstić information content (AvgIpc) is 3.35. The summed E-state index contributed by atoms with van der Waals surface area (Å²) in [6.45, 7) is 3.81. The largest absolute Gasteiger partial charge is 0.461 e. The van der Waals surface area contributed by atoms with Gasteiger partial charge in [0, 0.05) is 4.88 Å². The molecule has 10 nitrogen and oxygen atoms in total. The van der Waals surface area contributed by atoms with Crippen molar-refractivity contribution in [3.63, 3.8) is 0 Å². The Morgan fingerprint density at radius 2 is 2.28 bits per heavy atom. The van der Waals surface area contributed by atoms with Gasteiger partial charge in [-0.25, -0.2) is 0 Å². The minimum atomic E-state index is -0.336. The van der Waals surface area contributed by atoms with Crippen LogP contribution in [0.3, 0.4) is 0 Å². The van der Waals surface area contributed by atoms with E-state index >= 15 is 0 Å². The lowest BCUT2D eigenvalue weighted by Crippen LogP contribution is -2.16. The van der Waals surface area contributed by atoms with Gasteiger partial charge in [-0.05, 0) is 42.0 Å². The third kappa shape index (κ3) is 2.70. The normalized spacial score (nSPS) is 11.0. The molecule has 0 aliphatic heterocycles. The quantitative estimate of drug-likeness (QED) is 0.572. The Labute approximate surface area is 144 Å². The van der Waals surface area contributed by atoms with E-state index in [4.69, 9.17) is 4.42 Å². The maximum atomic E-state index is 12.8. The molecule has 0 saturated heterocycles. The van der Waals surface area contributed by atoms with Crippen molar-refractivity contribution in [2.45, 2.75) is 13.8 Å². The van der Waals surface area contributed by atoms with Crippen LogP contribution in [0.5, 0.6) is 0 Å². The Morgan fingerprint density at radius 1 is 1.40 bits per heavy atom. The lowest BCUT2D eigenvalue weighted by atomic mass is 10.1.